The predicted octanol–water partition coefficient (Wildman–Crippen LogP) is 1.69. The number of hydrogen-bond acceptors (Lipinski definition) is 7. The molecule has 1 heterocycles. The van der Waals surface area contributed by atoms with Gasteiger partial charge in [0.2, 0.25) is 5.76 Å². The molecule has 0 aliphatic heterocycles. The van der Waals surface area contributed by atoms with E-state index in [2.05, 4.69) is 15.6 Å². The Labute approximate surface area is 128 Å². The summed E-state index contributed by atoms with van der Waals surface area (Å²) in [7, 11) is 0. The molecule has 1 aromatic rings. The van der Waals surface area contributed by atoms with E-state index in [-0.39, 0.29) is 23.6 Å². The van der Waals surface area contributed by atoms with E-state index in [0.29, 0.717) is 6.61 Å². The van der Waals surface area contributed by atoms with Crippen LogP contribution in [0.1, 0.15) is 54.3 Å². The number of nitrogens with one attached hydrogen (secondary N) is 1. The first kappa shape index (κ1) is 17.7. The molecule has 0 saturated carbocycles. The SMILES string of the molecule is CCO/N=C\COC(=O)c1c(C)noc1C(=O)NC(C)(C)C. The number of esters is 1. The van der Waals surface area contributed by atoms with Crippen LogP contribution in [-0.4, -0.2) is 42.0 Å². The highest BCUT2D eigenvalue weighted by Crippen LogP contribution is 2.16. The zero-order chi connectivity index (χ0) is 16.8. The number of hydrogen-bond donors (Lipinski definition) is 1. The highest BCUT2D eigenvalue weighted by Gasteiger charge is 2.28. The van der Waals surface area contributed by atoms with Gasteiger partial charge in [0.15, 0.2) is 0 Å². The molecule has 0 aliphatic carbocycles. The molecule has 0 aliphatic rings. The summed E-state index contributed by atoms with van der Waals surface area (Å²) in [6.45, 7) is 9.13. The molecule has 8 heteroatoms. The number of carbonyl (C=O) groups excluding carboxylic acids is 2. The van der Waals surface area contributed by atoms with Crippen LogP contribution < -0.4 is 5.32 Å². The molecule has 1 amide bonds. The number of carbonyl (C=O) groups is 2. The van der Waals surface area contributed by atoms with Crippen LogP contribution >= 0.6 is 0 Å². The minimum Gasteiger partial charge on any atom is -0.456 e. The summed E-state index contributed by atoms with van der Waals surface area (Å²) in [4.78, 5) is 28.9. The van der Waals surface area contributed by atoms with Crippen LogP contribution in [0.15, 0.2) is 9.68 Å². The molecule has 1 aromatic heterocycles. The quantitative estimate of drug-likeness (QED) is 0.487. The van der Waals surface area contributed by atoms with E-state index in [1.807, 2.05) is 20.8 Å². The standard InChI is InChI=1S/C14H21N3O5/c1-6-21-15-7-8-20-13(19)10-9(2)17-22-11(10)12(18)16-14(3,4)5/h7H,6,8H2,1-5H3,(H,16,18)/b15-7-. The molecule has 0 spiro atoms. The van der Waals surface area contributed by atoms with Crippen molar-refractivity contribution in [3.8, 4) is 0 Å². The van der Waals surface area contributed by atoms with E-state index < -0.39 is 17.4 Å². The zero-order valence-corrected chi connectivity index (χ0v) is 13.4. The van der Waals surface area contributed by atoms with Crippen LogP contribution in [0.25, 0.3) is 0 Å². The Bertz CT molecular complexity index is 557. The van der Waals surface area contributed by atoms with Gasteiger partial charge in [0, 0.05) is 5.54 Å². The number of aromatic nitrogens is 1. The van der Waals surface area contributed by atoms with E-state index in [1.165, 1.54) is 6.21 Å². The van der Waals surface area contributed by atoms with Gasteiger partial charge in [0.05, 0.1) is 11.9 Å². The number of amides is 1. The van der Waals surface area contributed by atoms with Crippen molar-refractivity contribution in [2.75, 3.05) is 13.2 Å². The molecule has 1 N–H and O–H groups in total. The first-order valence-corrected chi connectivity index (χ1v) is 6.86. The monoisotopic (exact) mass is 311 g/mol. The highest BCUT2D eigenvalue weighted by atomic mass is 16.6. The lowest BCUT2D eigenvalue weighted by atomic mass is 10.1. The zero-order valence-electron chi connectivity index (χ0n) is 13.4. The number of ether oxygens (including phenoxy) is 1. The van der Waals surface area contributed by atoms with E-state index >= 15 is 0 Å². The minimum absolute atomic E-state index is 0.00607. The van der Waals surface area contributed by atoms with Crippen molar-refractivity contribution in [3.63, 3.8) is 0 Å². The lowest BCUT2D eigenvalue weighted by Gasteiger charge is -2.19. The van der Waals surface area contributed by atoms with Crippen LogP contribution in [0.5, 0.6) is 0 Å². The minimum atomic E-state index is -0.708. The molecule has 0 saturated heterocycles. The second kappa shape index (κ2) is 7.58. The number of aryl methyl sites for hydroxylation is 1. The molecule has 8 nitrogen and oxygen atoms in total. The third-order valence-electron chi connectivity index (χ3n) is 2.33. The summed E-state index contributed by atoms with van der Waals surface area (Å²) in [5, 5.41) is 9.90. The Kier molecular flexibility index (Phi) is 6.09. The molecule has 1 rings (SSSR count). The third kappa shape index (κ3) is 5.19. The summed E-state index contributed by atoms with van der Waals surface area (Å²) in [6.07, 6.45) is 1.30. The summed E-state index contributed by atoms with van der Waals surface area (Å²) in [5.41, 5.74) is -0.180. The molecule has 0 fully saturated rings. The van der Waals surface area contributed by atoms with Crippen molar-refractivity contribution in [2.45, 2.75) is 40.2 Å². The number of rotatable bonds is 6. The third-order valence-corrected chi connectivity index (χ3v) is 2.33. The molecule has 0 unspecified atom stereocenters. The van der Waals surface area contributed by atoms with Gasteiger partial charge in [-0.15, -0.1) is 0 Å². The van der Waals surface area contributed by atoms with Crippen molar-refractivity contribution in [1.82, 2.24) is 10.5 Å². The maximum Gasteiger partial charge on any atom is 0.344 e. The fraction of sp³-hybridized carbons (Fsp3) is 0.571. The van der Waals surface area contributed by atoms with Crippen molar-refractivity contribution in [1.29, 1.82) is 0 Å². The molecule has 122 valence electrons. The van der Waals surface area contributed by atoms with Crippen LogP contribution in [0.2, 0.25) is 0 Å². The molecule has 0 radical (unpaired) electrons. The summed E-state index contributed by atoms with van der Waals surface area (Å²) in [6, 6.07) is 0. The summed E-state index contributed by atoms with van der Waals surface area (Å²) in [5.74, 6) is -1.40. The van der Waals surface area contributed by atoms with E-state index in [1.54, 1.807) is 13.8 Å². The average molecular weight is 311 g/mol. The van der Waals surface area contributed by atoms with Gasteiger partial charge in [0.25, 0.3) is 5.91 Å². The van der Waals surface area contributed by atoms with Crippen molar-refractivity contribution < 1.29 is 23.7 Å². The maximum atomic E-state index is 12.1. The normalized spacial score (nSPS) is 11.5. The molecule has 22 heavy (non-hydrogen) atoms. The number of nitrogens with zero attached hydrogens (tertiary/aromatic N) is 2. The van der Waals surface area contributed by atoms with Crippen molar-refractivity contribution in [3.05, 3.63) is 17.0 Å². The van der Waals surface area contributed by atoms with Gasteiger partial charge in [-0.1, -0.05) is 10.3 Å². The lowest BCUT2D eigenvalue weighted by Crippen LogP contribution is -2.41. The molecule has 0 bridgehead atoms. The summed E-state index contributed by atoms with van der Waals surface area (Å²) >= 11 is 0. The fourth-order valence-electron chi connectivity index (χ4n) is 1.51. The van der Waals surface area contributed by atoms with Gasteiger partial charge in [0.1, 0.15) is 18.8 Å². The fourth-order valence-corrected chi connectivity index (χ4v) is 1.51. The summed E-state index contributed by atoms with van der Waals surface area (Å²) < 4.78 is 9.93. The van der Waals surface area contributed by atoms with Crippen LogP contribution in [-0.2, 0) is 9.57 Å². The van der Waals surface area contributed by atoms with Gasteiger partial charge in [-0.2, -0.15) is 0 Å². The Hall–Kier alpha value is -2.38. The Morgan fingerprint density at radius 1 is 1.41 bits per heavy atom. The van der Waals surface area contributed by atoms with E-state index in [0.717, 1.165) is 0 Å². The second-order valence-corrected chi connectivity index (χ2v) is 5.48. The maximum absolute atomic E-state index is 12.1. The molecule has 0 aromatic carbocycles. The first-order chi connectivity index (χ1) is 10.3. The number of oxime groups is 1. The topological polar surface area (TPSA) is 103 Å². The predicted molar refractivity (Wildman–Crippen MR) is 78.9 cm³/mol. The van der Waals surface area contributed by atoms with Gasteiger partial charge >= 0.3 is 5.97 Å². The van der Waals surface area contributed by atoms with Crippen LogP contribution in [0.3, 0.4) is 0 Å². The first-order valence-electron chi connectivity index (χ1n) is 6.86. The Morgan fingerprint density at radius 3 is 2.68 bits per heavy atom. The van der Waals surface area contributed by atoms with Gasteiger partial charge < -0.3 is 19.4 Å². The highest BCUT2D eigenvalue weighted by molar-refractivity contribution is 6.04. The van der Waals surface area contributed by atoms with Crippen molar-refractivity contribution >= 4 is 18.1 Å². The van der Waals surface area contributed by atoms with Crippen LogP contribution in [0.4, 0.5) is 0 Å². The molecular formula is C14H21N3O5. The molecular weight excluding hydrogens is 290 g/mol. The van der Waals surface area contributed by atoms with Gasteiger partial charge in [-0.05, 0) is 34.6 Å². The average Bonchev–Trinajstić information content (AvgIpc) is 2.78. The molecule has 0 atom stereocenters. The largest absolute Gasteiger partial charge is 0.456 e. The van der Waals surface area contributed by atoms with Gasteiger partial charge in [-0.25, -0.2) is 4.79 Å². The Balaban J connectivity index is 2.80. The lowest BCUT2D eigenvalue weighted by molar-refractivity contribution is 0.0555. The smallest absolute Gasteiger partial charge is 0.344 e. The van der Waals surface area contributed by atoms with Crippen molar-refractivity contribution in [2.24, 2.45) is 5.16 Å². The van der Waals surface area contributed by atoms with E-state index in [4.69, 9.17) is 14.1 Å². The van der Waals surface area contributed by atoms with Crippen LogP contribution in [0, 0.1) is 6.92 Å². The van der Waals surface area contributed by atoms with E-state index in [9.17, 15) is 9.59 Å². The van der Waals surface area contributed by atoms with Gasteiger partial charge in [-0.3, -0.25) is 4.79 Å². The Morgan fingerprint density at radius 2 is 2.09 bits per heavy atom. The second-order valence-electron chi connectivity index (χ2n) is 5.48.